The van der Waals surface area contributed by atoms with Crippen LogP contribution in [0.1, 0.15) is 20.3 Å². The van der Waals surface area contributed by atoms with Crippen molar-refractivity contribution in [3.63, 3.8) is 0 Å². The molecule has 0 aromatic carbocycles. The van der Waals surface area contributed by atoms with Gasteiger partial charge in [0, 0.05) is 32.7 Å². The number of likely N-dealkylation sites (N-methyl/N-ethyl adjacent to an activating group) is 1. The standard InChI is InChI=1S/C17H27N7O/c1-13(2)4-5-18-15(25)11-24-17-14(10-21-24)16(19-12-20-17)23-8-6-22(3)7-9-23/h10,12-13H,4-9,11H2,1-3H3,(H,18,25). The Morgan fingerprint density at radius 1 is 1.24 bits per heavy atom. The van der Waals surface area contributed by atoms with Crippen LogP contribution < -0.4 is 10.2 Å². The van der Waals surface area contributed by atoms with Crippen LogP contribution in [0.15, 0.2) is 12.5 Å². The fourth-order valence-electron chi connectivity index (χ4n) is 2.96. The summed E-state index contributed by atoms with van der Waals surface area (Å²) in [4.78, 5) is 25.5. The number of fused-ring (bicyclic) bond motifs is 1. The predicted molar refractivity (Wildman–Crippen MR) is 97.5 cm³/mol. The Morgan fingerprint density at radius 2 is 2.00 bits per heavy atom. The first-order valence-corrected chi connectivity index (χ1v) is 8.91. The third kappa shape index (κ3) is 4.25. The fraction of sp³-hybridized carbons (Fsp3) is 0.647. The van der Waals surface area contributed by atoms with Crippen LogP contribution in [0.2, 0.25) is 0 Å². The van der Waals surface area contributed by atoms with Crippen LogP contribution in [-0.4, -0.2) is 70.3 Å². The predicted octanol–water partition coefficient (Wildman–Crippen LogP) is 0.740. The average molecular weight is 345 g/mol. The Bertz CT molecular complexity index is 719. The summed E-state index contributed by atoms with van der Waals surface area (Å²) < 4.78 is 1.65. The second-order valence-corrected chi connectivity index (χ2v) is 7.06. The molecule has 1 saturated heterocycles. The maximum atomic E-state index is 12.1. The molecule has 3 heterocycles. The van der Waals surface area contributed by atoms with E-state index >= 15 is 0 Å². The molecule has 136 valence electrons. The van der Waals surface area contributed by atoms with E-state index in [1.807, 2.05) is 0 Å². The SMILES string of the molecule is CC(C)CCNC(=O)Cn1ncc2c(N3CCN(C)CC3)ncnc21. The number of carbonyl (C=O) groups excluding carboxylic acids is 1. The zero-order chi connectivity index (χ0) is 17.8. The van der Waals surface area contributed by atoms with E-state index in [1.165, 1.54) is 0 Å². The van der Waals surface area contributed by atoms with Crippen molar-refractivity contribution in [1.82, 2.24) is 30.0 Å². The molecule has 0 aliphatic carbocycles. The van der Waals surface area contributed by atoms with Gasteiger partial charge in [-0.15, -0.1) is 0 Å². The molecule has 8 heteroatoms. The van der Waals surface area contributed by atoms with Crippen molar-refractivity contribution in [2.45, 2.75) is 26.8 Å². The zero-order valence-corrected chi connectivity index (χ0v) is 15.3. The highest BCUT2D eigenvalue weighted by molar-refractivity contribution is 5.87. The molecule has 8 nitrogen and oxygen atoms in total. The van der Waals surface area contributed by atoms with Crippen molar-refractivity contribution in [3.05, 3.63) is 12.5 Å². The highest BCUT2D eigenvalue weighted by Crippen LogP contribution is 2.23. The van der Waals surface area contributed by atoms with Gasteiger partial charge in [0.25, 0.3) is 0 Å². The number of anilines is 1. The van der Waals surface area contributed by atoms with Crippen LogP contribution in [0.4, 0.5) is 5.82 Å². The zero-order valence-electron chi connectivity index (χ0n) is 15.3. The van der Waals surface area contributed by atoms with Gasteiger partial charge in [-0.3, -0.25) is 4.79 Å². The molecule has 2 aromatic rings. The molecule has 0 radical (unpaired) electrons. The third-order valence-electron chi connectivity index (χ3n) is 4.55. The highest BCUT2D eigenvalue weighted by Gasteiger charge is 2.20. The Kier molecular flexibility index (Phi) is 5.47. The van der Waals surface area contributed by atoms with Crippen molar-refractivity contribution in [3.8, 4) is 0 Å². The number of rotatable bonds is 6. The lowest BCUT2D eigenvalue weighted by Crippen LogP contribution is -2.44. The number of amides is 1. The van der Waals surface area contributed by atoms with E-state index in [1.54, 1.807) is 17.2 Å². The number of aromatic nitrogens is 4. The highest BCUT2D eigenvalue weighted by atomic mass is 16.2. The second-order valence-electron chi connectivity index (χ2n) is 7.06. The van der Waals surface area contributed by atoms with Gasteiger partial charge >= 0.3 is 0 Å². The Balaban J connectivity index is 1.71. The van der Waals surface area contributed by atoms with Crippen LogP contribution >= 0.6 is 0 Å². The molecule has 1 N–H and O–H groups in total. The molecular formula is C17H27N7O. The van der Waals surface area contributed by atoms with Crippen LogP contribution in [-0.2, 0) is 11.3 Å². The minimum atomic E-state index is -0.0367. The van der Waals surface area contributed by atoms with Gasteiger partial charge in [0.05, 0.1) is 11.6 Å². The molecule has 0 bridgehead atoms. The molecule has 25 heavy (non-hydrogen) atoms. The number of nitrogens with zero attached hydrogens (tertiary/aromatic N) is 6. The maximum Gasteiger partial charge on any atom is 0.241 e. The van der Waals surface area contributed by atoms with Crippen LogP contribution in [0, 0.1) is 5.92 Å². The maximum absolute atomic E-state index is 12.1. The Morgan fingerprint density at radius 3 is 2.72 bits per heavy atom. The average Bonchev–Trinajstić information content (AvgIpc) is 2.98. The van der Waals surface area contributed by atoms with Crippen LogP contribution in [0.5, 0.6) is 0 Å². The molecular weight excluding hydrogens is 318 g/mol. The lowest BCUT2D eigenvalue weighted by Gasteiger charge is -2.33. The smallest absolute Gasteiger partial charge is 0.241 e. The first kappa shape index (κ1) is 17.6. The minimum Gasteiger partial charge on any atom is -0.354 e. The van der Waals surface area contributed by atoms with E-state index in [0.29, 0.717) is 18.1 Å². The van der Waals surface area contributed by atoms with E-state index in [9.17, 15) is 4.79 Å². The summed E-state index contributed by atoms with van der Waals surface area (Å²) in [6.45, 7) is 9.05. The number of hydrogen-bond acceptors (Lipinski definition) is 6. The Hall–Kier alpha value is -2.22. The van der Waals surface area contributed by atoms with E-state index in [2.05, 4.69) is 51.1 Å². The van der Waals surface area contributed by atoms with E-state index in [4.69, 9.17) is 0 Å². The van der Waals surface area contributed by atoms with Gasteiger partial charge < -0.3 is 15.1 Å². The number of piperazine rings is 1. The van der Waals surface area contributed by atoms with Crippen molar-refractivity contribution in [2.24, 2.45) is 5.92 Å². The molecule has 1 aliphatic heterocycles. The summed E-state index contributed by atoms with van der Waals surface area (Å²) in [7, 11) is 2.13. The molecule has 1 amide bonds. The quantitative estimate of drug-likeness (QED) is 0.832. The first-order chi connectivity index (χ1) is 12.0. The van der Waals surface area contributed by atoms with Crippen LogP contribution in [0.25, 0.3) is 11.0 Å². The molecule has 2 aromatic heterocycles. The molecule has 0 spiro atoms. The van der Waals surface area contributed by atoms with Gasteiger partial charge in [-0.05, 0) is 19.4 Å². The molecule has 3 rings (SSSR count). The summed E-state index contributed by atoms with van der Waals surface area (Å²) in [5.74, 6) is 1.44. The number of nitrogens with one attached hydrogen (secondary N) is 1. The summed E-state index contributed by atoms with van der Waals surface area (Å²) >= 11 is 0. The summed E-state index contributed by atoms with van der Waals surface area (Å²) in [6, 6.07) is 0. The lowest BCUT2D eigenvalue weighted by molar-refractivity contribution is -0.121. The number of hydrogen-bond donors (Lipinski definition) is 1. The largest absolute Gasteiger partial charge is 0.354 e. The van der Waals surface area contributed by atoms with Gasteiger partial charge in [0.2, 0.25) is 5.91 Å². The third-order valence-corrected chi connectivity index (χ3v) is 4.55. The van der Waals surface area contributed by atoms with Crippen molar-refractivity contribution in [2.75, 3.05) is 44.7 Å². The van der Waals surface area contributed by atoms with Gasteiger partial charge in [-0.2, -0.15) is 5.10 Å². The lowest BCUT2D eigenvalue weighted by atomic mass is 10.1. The van der Waals surface area contributed by atoms with Crippen LogP contribution in [0.3, 0.4) is 0 Å². The second kappa shape index (κ2) is 7.77. The minimum absolute atomic E-state index is 0.0367. The number of carbonyl (C=O) groups is 1. The molecule has 1 fully saturated rings. The first-order valence-electron chi connectivity index (χ1n) is 8.91. The van der Waals surface area contributed by atoms with Gasteiger partial charge in [-0.1, -0.05) is 13.8 Å². The van der Waals surface area contributed by atoms with Crippen molar-refractivity contribution in [1.29, 1.82) is 0 Å². The van der Waals surface area contributed by atoms with Crippen molar-refractivity contribution >= 4 is 22.8 Å². The van der Waals surface area contributed by atoms with Gasteiger partial charge in [0.1, 0.15) is 18.7 Å². The molecule has 0 saturated carbocycles. The molecule has 0 unspecified atom stereocenters. The monoisotopic (exact) mass is 345 g/mol. The van der Waals surface area contributed by atoms with Crippen molar-refractivity contribution < 1.29 is 4.79 Å². The Labute approximate surface area is 148 Å². The summed E-state index contributed by atoms with van der Waals surface area (Å²) in [6.07, 6.45) is 4.30. The van der Waals surface area contributed by atoms with E-state index in [0.717, 1.165) is 43.8 Å². The summed E-state index contributed by atoms with van der Waals surface area (Å²) in [5.41, 5.74) is 0.711. The molecule has 0 atom stereocenters. The topological polar surface area (TPSA) is 79.2 Å². The van der Waals surface area contributed by atoms with Gasteiger partial charge in [-0.25, -0.2) is 14.6 Å². The molecule has 1 aliphatic rings. The van der Waals surface area contributed by atoms with E-state index < -0.39 is 0 Å². The van der Waals surface area contributed by atoms with E-state index in [-0.39, 0.29) is 12.5 Å². The summed E-state index contributed by atoms with van der Waals surface area (Å²) in [5, 5.41) is 8.21. The fourth-order valence-corrected chi connectivity index (χ4v) is 2.96. The normalized spacial score (nSPS) is 15.9. The van der Waals surface area contributed by atoms with Gasteiger partial charge in [0.15, 0.2) is 5.65 Å².